The zero-order chi connectivity index (χ0) is 10.8. The zero-order valence-electron chi connectivity index (χ0n) is 7.71. The second kappa shape index (κ2) is 3.45. The first-order valence-corrected chi connectivity index (χ1v) is 4.04. The number of nitrogens with zero attached hydrogens (tertiary/aromatic N) is 4. The van der Waals surface area contributed by atoms with E-state index in [2.05, 4.69) is 20.1 Å². The Bertz CT molecular complexity index is 508. The normalized spacial score (nSPS) is 10.2. The van der Waals surface area contributed by atoms with Gasteiger partial charge in [-0.25, -0.2) is 14.8 Å². The van der Waals surface area contributed by atoms with Crippen LogP contribution < -0.4 is 0 Å². The van der Waals surface area contributed by atoms with E-state index < -0.39 is 5.97 Å². The van der Waals surface area contributed by atoms with E-state index in [1.54, 1.807) is 13.0 Å². The van der Waals surface area contributed by atoms with Gasteiger partial charge in [-0.15, -0.1) is 0 Å². The van der Waals surface area contributed by atoms with Crippen LogP contribution in [-0.4, -0.2) is 31.2 Å². The molecule has 0 atom stereocenters. The van der Waals surface area contributed by atoms with Gasteiger partial charge in [0.15, 0.2) is 0 Å². The topological polar surface area (TPSA) is 102 Å². The third-order valence-corrected chi connectivity index (χ3v) is 1.61. The smallest absolute Gasteiger partial charge is 0.377 e. The van der Waals surface area contributed by atoms with Crippen LogP contribution in [0.15, 0.2) is 16.8 Å². The van der Waals surface area contributed by atoms with E-state index in [-0.39, 0.29) is 11.7 Å². The minimum atomic E-state index is -1.24. The molecule has 2 aromatic heterocycles. The second-order valence-corrected chi connectivity index (χ2v) is 2.72. The van der Waals surface area contributed by atoms with Crippen LogP contribution in [0.2, 0.25) is 0 Å². The van der Waals surface area contributed by atoms with Gasteiger partial charge in [-0.3, -0.25) is 0 Å². The predicted octanol–water partition coefficient (Wildman–Crippen LogP) is 0.533. The van der Waals surface area contributed by atoms with Crippen LogP contribution in [0.4, 0.5) is 0 Å². The Labute approximate surface area is 83.8 Å². The lowest BCUT2D eigenvalue weighted by atomic mass is 10.4. The summed E-state index contributed by atoms with van der Waals surface area (Å²) in [6, 6.07) is 1.56. The van der Waals surface area contributed by atoms with Crippen LogP contribution in [0.5, 0.6) is 0 Å². The number of hydrogen-bond donors (Lipinski definition) is 1. The molecule has 76 valence electrons. The molecule has 0 spiro atoms. The fraction of sp³-hybridized carbons (Fsp3) is 0.125. The van der Waals surface area contributed by atoms with Gasteiger partial charge in [-0.05, 0) is 18.1 Å². The Balaban J connectivity index is 2.41. The van der Waals surface area contributed by atoms with Gasteiger partial charge in [0.2, 0.25) is 0 Å². The van der Waals surface area contributed by atoms with Crippen molar-refractivity contribution in [2.45, 2.75) is 6.92 Å². The van der Waals surface area contributed by atoms with Crippen molar-refractivity contribution in [3.63, 3.8) is 0 Å². The van der Waals surface area contributed by atoms with Crippen LogP contribution >= 0.6 is 0 Å². The van der Waals surface area contributed by atoms with Gasteiger partial charge in [-0.2, -0.15) is 4.98 Å². The lowest BCUT2D eigenvalue weighted by Gasteiger charge is -1.93. The SMILES string of the molecule is Cc1nccc(-c2nc(C(=O)O)no2)n1. The van der Waals surface area contributed by atoms with Gasteiger partial charge < -0.3 is 9.63 Å². The first-order chi connectivity index (χ1) is 7.16. The van der Waals surface area contributed by atoms with Crippen LogP contribution in [0, 0.1) is 6.92 Å². The molecule has 15 heavy (non-hydrogen) atoms. The third-order valence-electron chi connectivity index (χ3n) is 1.61. The Morgan fingerprint density at radius 2 is 2.27 bits per heavy atom. The molecule has 2 heterocycles. The molecule has 0 fully saturated rings. The highest BCUT2D eigenvalue weighted by atomic mass is 16.5. The van der Waals surface area contributed by atoms with Crippen molar-refractivity contribution in [2.75, 3.05) is 0 Å². The zero-order valence-corrected chi connectivity index (χ0v) is 7.71. The fourth-order valence-corrected chi connectivity index (χ4v) is 0.990. The highest BCUT2D eigenvalue weighted by Gasteiger charge is 2.14. The second-order valence-electron chi connectivity index (χ2n) is 2.72. The molecule has 2 rings (SSSR count). The number of aromatic nitrogens is 4. The average molecular weight is 206 g/mol. The monoisotopic (exact) mass is 206 g/mol. The van der Waals surface area contributed by atoms with E-state index in [4.69, 9.17) is 9.63 Å². The summed E-state index contributed by atoms with van der Waals surface area (Å²) < 4.78 is 4.73. The van der Waals surface area contributed by atoms with Crippen molar-refractivity contribution >= 4 is 5.97 Å². The number of aryl methyl sites for hydroxylation is 1. The lowest BCUT2D eigenvalue weighted by molar-refractivity contribution is 0.0680. The molecule has 0 aromatic carbocycles. The molecule has 7 heteroatoms. The van der Waals surface area contributed by atoms with Gasteiger partial charge in [0.1, 0.15) is 11.5 Å². The summed E-state index contributed by atoms with van der Waals surface area (Å²) in [7, 11) is 0. The Kier molecular flexibility index (Phi) is 2.13. The Hall–Kier alpha value is -2.31. The van der Waals surface area contributed by atoms with E-state index >= 15 is 0 Å². The molecule has 0 aliphatic carbocycles. The van der Waals surface area contributed by atoms with Crippen LogP contribution in [-0.2, 0) is 0 Å². The molecule has 2 aromatic rings. The van der Waals surface area contributed by atoms with E-state index in [9.17, 15) is 4.79 Å². The summed E-state index contributed by atoms with van der Waals surface area (Å²) >= 11 is 0. The summed E-state index contributed by atoms with van der Waals surface area (Å²) in [6.45, 7) is 1.71. The fourth-order valence-electron chi connectivity index (χ4n) is 0.990. The molecule has 7 nitrogen and oxygen atoms in total. The first-order valence-electron chi connectivity index (χ1n) is 4.04. The largest absolute Gasteiger partial charge is 0.475 e. The molecule has 0 radical (unpaired) electrons. The number of carbonyl (C=O) groups is 1. The van der Waals surface area contributed by atoms with E-state index in [1.807, 2.05) is 0 Å². The number of carboxylic acids is 1. The van der Waals surface area contributed by atoms with Crippen molar-refractivity contribution in [2.24, 2.45) is 0 Å². The summed E-state index contributed by atoms with van der Waals surface area (Å²) in [6.07, 6.45) is 1.53. The number of carboxylic acid groups (broad SMARTS) is 1. The molecule has 0 unspecified atom stereocenters. The maximum atomic E-state index is 10.5. The molecular formula is C8H6N4O3. The van der Waals surface area contributed by atoms with Crippen LogP contribution in [0.25, 0.3) is 11.6 Å². The molecule has 0 aliphatic heterocycles. The highest BCUT2D eigenvalue weighted by Crippen LogP contribution is 2.13. The molecule has 1 N–H and O–H groups in total. The molecule has 0 saturated carbocycles. The van der Waals surface area contributed by atoms with E-state index in [0.717, 1.165) is 0 Å². The van der Waals surface area contributed by atoms with Gasteiger partial charge >= 0.3 is 5.97 Å². The van der Waals surface area contributed by atoms with E-state index in [1.165, 1.54) is 6.20 Å². The summed E-state index contributed by atoms with van der Waals surface area (Å²) in [5.74, 6) is -1.02. The Morgan fingerprint density at radius 3 is 2.87 bits per heavy atom. The van der Waals surface area contributed by atoms with Crippen molar-refractivity contribution in [3.8, 4) is 11.6 Å². The molecule has 0 bridgehead atoms. The molecular weight excluding hydrogens is 200 g/mol. The summed E-state index contributed by atoms with van der Waals surface area (Å²) in [5.41, 5.74) is 0.405. The van der Waals surface area contributed by atoms with Crippen molar-refractivity contribution in [3.05, 3.63) is 23.9 Å². The first kappa shape index (κ1) is 9.25. The molecule has 0 saturated heterocycles. The number of aromatic carboxylic acids is 1. The van der Waals surface area contributed by atoms with Gasteiger partial charge in [0.25, 0.3) is 11.7 Å². The lowest BCUT2D eigenvalue weighted by Crippen LogP contribution is -1.98. The minimum absolute atomic E-state index is 0.0675. The van der Waals surface area contributed by atoms with Crippen molar-refractivity contribution in [1.82, 2.24) is 20.1 Å². The maximum absolute atomic E-state index is 10.5. The third kappa shape index (κ3) is 1.80. The summed E-state index contributed by atoms with van der Waals surface area (Å²) in [4.78, 5) is 22.1. The average Bonchev–Trinajstić information content (AvgIpc) is 2.66. The van der Waals surface area contributed by atoms with E-state index in [0.29, 0.717) is 11.5 Å². The van der Waals surface area contributed by atoms with Crippen molar-refractivity contribution < 1.29 is 14.4 Å². The predicted molar refractivity (Wildman–Crippen MR) is 47.0 cm³/mol. The molecule has 0 amide bonds. The van der Waals surface area contributed by atoms with Crippen LogP contribution in [0.1, 0.15) is 16.4 Å². The van der Waals surface area contributed by atoms with Crippen LogP contribution in [0.3, 0.4) is 0 Å². The highest BCUT2D eigenvalue weighted by molar-refractivity contribution is 5.83. The Morgan fingerprint density at radius 1 is 1.47 bits per heavy atom. The number of rotatable bonds is 2. The summed E-state index contributed by atoms with van der Waals surface area (Å²) in [5, 5.41) is 11.9. The molecule has 0 aliphatic rings. The quantitative estimate of drug-likeness (QED) is 0.764. The van der Waals surface area contributed by atoms with Gasteiger partial charge in [0.05, 0.1) is 0 Å². The maximum Gasteiger partial charge on any atom is 0.377 e. The standard InChI is InChI=1S/C8H6N4O3/c1-4-9-3-2-5(10-4)7-11-6(8(13)14)12-15-7/h2-3H,1H3,(H,13,14). The van der Waals surface area contributed by atoms with Gasteiger partial charge in [0, 0.05) is 6.20 Å². The van der Waals surface area contributed by atoms with Crippen molar-refractivity contribution in [1.29, 1.82) is 0 Å². The number of hydrogen-bond acceptors (Lipinski definition) is 6. The van der Waals surface area contributed by atoms with Gasteiger partial charge in [-0.1, -0.05) is 0 Å². The minimum Gasteiger partial charge on any atom is -0.475 e.